The first-order valence-electron chi connectivity index (χ1n) is 12.0. The van der Waals surface area contributed by atoms with Gasteiger partial charge in [0, 0.05) is 50.8 Å². The number of anilines is 2. The van der Waals surface area contributed by atoms with Gasteiger partial charge in [-0.25, -0.2) is 0 Å². The van der Waals surface area contributed by atoms with E-state index in [9.17, 15) is 0 Å². The molecule has 1 aromatic carbocycles. The maximum Gasteiger partial charge on any atom is 0.320 e. The van der Waals surface area contributed by atoms with Crippen molar-refractivity contribution in [3.05, 3.63) is 35.4 Å². The summed E-state index contributed by atoms with van der Waals surface area (Å²) in [6.07, 6.45) is 0.730. The molecule has 0 radical (unpaired) electrons. The highest BCUT2D eigenvalue weighted by molar-refractivity contribution is 6.04. The van der Waals surface area contributed by atoms with Gasteiger partial charge in [0.25, 0.3) is 0 Å². The number of hydrazone groups is 1. The van der Waals surface area contributed by atoms with E-state index < -0.39 is 0 Å². The van der Waals surface area contributed by atoms with Gasteiger partial charge in [0.1, 0.15) is 18.2 Å². The van der Waals surface area contributed by atoms with Gasteiger partial charge in [-0.3, -0.25) is 10.3 Å². The number of nitrogens with one attached hydrogen (secondary N) is 1. The summed E-state index contributed by atoms with van der Waals surface area (Å²) < 4.78 is 22.7. The molecule has 1 aromatic heterocycles. The second-order valence-electron chi connectivity index (χ2n) is 8.56. The zero-order valence-corrected chi connectivity index (χ0v) is 19.7. The van der Waals surface area contributed by atoms with E-state index in [4.69, 9.17) is 24.0 Å². The summed E-state index contributed by atoms with van der Waals surface area (Å²) in [5, 5.41) is 4.69. The summed E-state index contributed by atoms with van der Waals surface area (Å²) in [6, 6.07) is 8.42. The largest absolute Gasteiger partial charge is 0.492 e. The fourth-order valence-corrected chi connectivity index (χ4v) is 4.21. The van der Waals surface area contributed by atoms with Crippen LogP contribution in [-0.4, -0.2) is 92.9 Å². The summed E-state index contributed by atoms with van der Waals surface area (Å²) in [4.78, 5) is 13.8. The van der Waals surface area contributed by atoms with Gasteiger partial charge in [-0.15, -0.1) is 0 Å². The van der Waals surface area contributed by atoms with E-state index in [0.717, 1.165) is 75.2 Å². The molecule has 10 nitrogen and oxygen atoms in total. The molecule has 0 aliphatic carbocycles. The number of hydrogen-bond acceptors (Lipinski definition) is 10. The monoisotopic (exact) mass is 468 g/mol. The predicted molar refractivity (Wildman–Crippen MR) is 129 cm³/mol. The van der Waals surface area contributed by atoms with Crippen molar-refractivity contribution in [2.75, 3.05) is 82.7 Å². The number of hydrogen-bond donors (Lipinski definition) is 1. The average molecular weight is 469 g/mol. The zero-order chi connectivity index (χ0) is 23.2. The third-order valence-corrected chi connectivity index (χ3v) is 6.12. The summed E-state index contributed by atoms with van der Waals surface area (Å²) in [6.45, 7) is 10.3. The second kappa shape index (κ2) is 11.0. The van der Waals surface area contributed by atoms with Crippen molar-refractivity contribution in [3.8, 4) is 11.8 Å². The van der Waals surface area contributed by atoms with Gasteiger partial charge in [-0.1, -0.05) is 11.6 Å². The molecular formula is C24H32N6O4. The molecule has 34 heavy (non-hydrogen) atoms. The Hall–Kier alpha value is -2.95. The first kappa shape index (κ1) is 22.8. The maximum absolute atomic E-state index is 5.97. The van der Waals surface area contributed by atoms with Crippen molar-refractivity contribution in [1.82, 2.24) is 14.9 Å². The maximum atomic E-state index is 5.97. The molecule has 3 aliphatic rings. The summed E-state index contributed by atoms with van der Waals surface area (Å²) in [7, 11) is 0. The van der Waals surface area contributed by atoms with Crippen LogP contribution in [0.4, 0.5) is 11.6 Å². The van der Waals surface area contributed by atoms with Gasteiger partial charge >= 0.3 is 6.01 Å². The minimum Gasteiger partial charge on any atom is -0.492 e. The highest BCUT2D eigenvalue weighted by Crippen LogP contribution is 2.27. The lowest BCUT2D eigenvalue weighted by atomic mass is 10.0. The summed E-state index contributed by atoms with van der Waals surface area (Å²) >= 11 is 0. The molecule has 4 heterocycles. The fraction of sp³-hybridized carbons (Fsp3) is 0.542. The lowest BCUT2D eigenvalue weighted by molar-refractivity contribution is 0.0317. The highest BCUT2D eigenvalue weighted by atomic mass is 16.5. The van der Waals surface area contributed by atoms with Gasteiger partial charge in [0.05, 0.1) is 38.7 Å². The quantitative estimate of drug-likeness (QED) is 0.612. The number of nitrogens with zero attached hydrogens (tertiary/aromatic N) is 5. The van der Waals surface area contributed by atoms with Crippen molar-refractivity contribution in [2.24, 2.45) is 5.10 Å². The smallest absolute Gasteiger partial charge is 0.320 e. The van der Waals surface area contributed by atoms with E-state index in [0.29, 0.717) is 38.3 Å². The van der Waals surface area contributed by atoms with E-state index in [2.05, 4.69) is 44.3 Å². The van der Waals surface area contributed by atoms with E-state index in [1.54, 1.807) is 0 Å². The fourth-order valence-electron chi connectivity index (χ4n) is 4.21. The Morgan fingerprint density at radius 1 is 1.00 bits per heavy atom. The SMILES string of the molecule is Cc1ccc2c(c1)C(=NNc1cc(N3CCOCC3)nc(OCCN3CCOCC3)n1)CCO2. The van der Waals surface area contributed by atoms with Gasteiger partial charge in [-0.2, -0.15) is 15.1 Å². The molecule has 1 N–H and O–H groups in total. The summed E-state index contributed by atoms with van der Waals surface area (Å²) in [5.74, 6) is 2.28. The Morgan fingerprint density at radius 2 is 1.79 bits per heavy atom. The van der Waals surface area contributed by atoms with Crippen LogP contribution in [0.2, 0.25) is 0 Å². The van der Waals surface area contributed by atoms with Crippen LogP contribution >= 0.6 is 0 Å². The van der Waals surface area contributed by atoms with Crippen LogP contribution in [0, 0.1) is 6.92 Å². The number of aryl methyl sites for hydroxylation is 1. The topological polar surface area (TPSA) is 93.6 Å². The van der Waals surface area contributed by atoms with Crippen molar-refractivity contribution < 1.29 is 18.9 Å². The van der Waals surface area contributed by atoms with Crippen molar-refractivity contribution in [3.63, 3.8) is 0 Å². The van der Waals surface area contributed by atoms with E-state index in [1.165, 1.54) is 5.56 Å². The number of fused-ring (bicyclic) bond motifs is 1. The number of morpholine rings is 2. The lowest BCUT2D eigenvalue weighted by Crippen LogP contribution is -2.39. The molecule has 182 valence electrons. The molecule has 5 rings (SSSR count). The molecule has 0 bridgehead atoms. The molecular weight excluding hydrogens is 436 g/mol. The van der Waals surface area contributed by atoms with E-state index in [1.807, 2.05) is 12.1 Å². The lowest BCUT2D eigenvalue weighted by Gasteiger charge is -2.28. The van der Waals surface area contributed by atoms with E-state index in [-0.39, 0.29) is 0 Å². The molecule has 2 aromatic rings. The number of benzene rings is 1. The molecule has 0 amide bonds. The van der Waals surface area contributed by atoms with Crippen LogP contribution in [0.25, 0.3) is 0 Å². The molecule has 10 heteroatoms. The minimum absolute atomic E-state index is 0.350. The standard InChI is InChI=1S/C24H32N6O4/c1-18-2-3-21-19(16-18)20(4-10-33-21)27-28-22-17-23(30-8-13-32-14-9-30)26-24(25-22)34-15-7-29-5-11-31-12-6-29/h2-3,16-17H,4-15H2,1H3,(H,25,26,28). The van der Waals surface area contributed by atoms with Gasteiger partial charge in [0.15, 0.2) is 5.82 Å². The number of rotatable bonds is 7. The Bertz CT molecular complexity index is 1000. The molecule has 2 saturated heterocycles. The van der Waals surface area contributed by atoms with Crippen molar-refractivity contribution in [1.29, 1.82) is 0 Å². The average Bonchev–Trinajstić information content (AvgIpc) is 2.88. The van der Waals surface area contributed by atoms with Gasteiger partial charge in [0.2, 0.25) is 0 Å². The molecule has 3 aliphatic heterocycles. The van der Waals surface area contributed by atoms with Gasteiger partial charge in [-0.05, 0) is 19.1 Å². The minimum atomic E-state index is 0.350. The predicted octanol–water partition coefficient (Wildman–Crippen LogP) is 1.93. The highest BCUT2D eigenvalue weighted by Gasteiger charge is 2.19. The van der Waals surface area contributed by atoms with Crippen molar-refractivity contribution >= 4 is 17.3 Å². The molecule has 2 fully saturated rings. The van der Waals surface area contributed by atoms with Crippen LogP contribution in [-0.2, 0) is 9.47 Å². The Balaban J connectivity index is 1.33. The van der Waals surface area contributed by atoms with Crippen LogP contribution in [0.15, 0.2) is 29.4 Å². The number of ether oxygens (including phenoxy) is 4. The molecule has 0 saturated carbocycles. The molecule has 0 atom stereocenters. The normalized spacial score (nSPS) is 20.0. The van der Waals surface area contributed by atoms with Crippen LogP contribution in [0.3, 0.4) is 0 Å². The molecule has 0 spiro atoms. The number of aromatic nitrogens is 2. The Morgan fingerprint density at radius 3 is 2.62 bits per heavy atom. The third-order valence-electron chi connectivity index (χ3n) is 6.12. The van der Waals surface area contributed by atoms with E-state index >= 15 is 0 Å². The first-order valence-corrected chi connectivity index (χ1v) is 12.0. The second-order valence-corrected chi connectivity index (χ2v) is 8.56. The van der Waals surface area contributed by atoms with Crippen LogP contribution in [0.1, 0.15) is 17.5 Å². The zero-order valence-electron chi connectivity index (χ0n) is 19.7. The first-order chi connectivity index (χ1) is 16.7. The van der Waals surface area contributed by atoms with Crippen LogP contribution in [0.5, 0.6) is 11.8 Å². The third kappa shape index (κ3) is 5.75. The van der Waals surface area contributed by atoms with Crippen LogP contribution < -0.4 is 19.8 Å². The van der Waals surface area contributed by atoms with Crippen molar-refractivity contribution in [2.45, 2.75) is 13.3 Å². The van der Waals surface area contributed by atoms with Gasteiger partial charge < -0.3 is 23.8 Å². The molecule has 0 unspecified atom stereocenters. The summed E-state index contributed by atoms with van der Waals surface area (Å²) in [5.41, 5.74) is 6.29. The Kier molecular flexibility index (Phi) is 7.37. The Labute approximate surface area is 199 Å².